The zero-order valence-electron chi connectivity index (χ0n) is 18.8. The molecule has 10 heteroatoms. The monoisotopic (exact) mass is 470 g/mol. The highest BCUT2D eigenvalue weighted by Gasteiger charge is 2.31. The lowest BCUT2D eigenvalue weighted by Gasteiger charge is -2.34. The van der Waals surface area contributed by atoms with Crippen LogP contribution in [-0.2, 0) is 13.1 Å². The molecule has 33 heavy (non-hydrogen) atoms. The van der Waals surface area contributed by atoms with E-state index in [1.807, 2.05) is 12.3 Å². The Morgan fingerprint density at radius 3 is 2.85 bits per heavy atom. The number of pyridine rings is 2. The number of nitrogens with one attached hydrogen (secondary N) is 1. The number of rotatable bonds is 7. The number of piperidine rings is 1. The van der Waals surface area contributed by atoms with Crippen molar-refractivity contribution in [3.8, 4) is 5.88 Å². The van der Waals surface area contributed by atoms with Crippen LogP contribution >= 0.6 is 11.8 Å². The number of ether oxygens (including phenoxy) is 1. The molecule has 2 aliphatic heterocycles. The van der Waals surface area contributed by atoms with E-state index in [-0.39, 0.29) is 17.3 Å². The van der Waals surface area contributed by atoms with Crippen LogP contribution in [-0.4, -0.2) is 63.7 Å². The topological polar surface area (TPSA) is 85.2 Å². The summed E-state index contributed by atoms with van der Waals surface area (Å²) in [5, 5.41) is 12.0. The molecule has 1 fully saturated rings. The molecule has 2 aliphatic rings. The van der Waals surface area contributed by atoms with Crippen LogP contribution in [0.4, 0.5) is 4.39 Å². The second kappa shape index (κ2) is 9.36. The standard InChI is InChI=1S/C23H27FN6O2S/c1-32-23-19(33-2)9-16(27-28-23)10-25-15-5-7-29(8-6-15)12-14-13-30-20(31)4-3-18-22(30)21(14)17(24)11-26-18/h3-4,9,11,14-15,25H,5-8,10,12-13H2,1-2H3. The predicted octanol–water partition coefficient (Wildman–Crippen LogP) is 2.41. The fourth-order valence-electron chi connectivity index (χ4n) is 4.95. The van der Waals surface area contributed by atoms with Crippen molar-refractivity contribution in [2.45, 2.75) is 42.8 Å². The number of aromatic nitrogens is 4. The molecule has 5 rings (SSSR count). The highest BCUT2D eigenvalue weighted by molar-refractivity contribution is 7.98. The van der Waals surface area contributed by atoms with Gasteiger partial charge in [-0.05, 0) is 44.3 Å². The third-order valence-electron chi connectivity index (χ3n) is 6.63. The summed E-state index contributed by atoms with van der Waals surface area (Å²) >= 11 is 1.59. The first-order valence-electron chi connectivity index (χ1n) is 11.2. The molecule has 1 unspecified atom stereocenters. The molecule has 0 aromatic carbocycles. The Hall–Kier alpha value is -2.56. The second-order valence-electron chi connectivity index (χ2n) is 8.60. The van der Waals surface area contributed by atoms with Crippen molar-refractivity contribution in [1.82, 2.24) is 30.0 Å². The van der Waals surface area contributed by atoms with Gasteiger partial charge in [-0.3, -0.25) is 9.78 Å². The van der Waals surface area contributed by atoms with Crippen LogP contribution in [0.25, 0.3) is 11.0 Å². The lowest BCUT2D eigenvalue weighted by Crippen LogP contribution is -2.43. The van der Waals surface area contributed by atoms with Crippen LogP contribution in [0.5, 0.6) is 5.88 Å². The molecule has 0 bridgehead atoms. The minimum atomic E-state index is -0.314. The smallest absolute Gasteiger partial charge is 0.251 e. The van der Waals surface area contributed by atoms with Crippen molar-refractivity contribution in [3.05, 3.63) is 51.8 Å². The van der Waals surface area contributed by atoms with Crippen LogP contribution in [0, 0.1) is 5.82 Å². The largest absolute Gasteiger partial charge is 0.479 e. The molecule has 0 aliphatic carbocycles. The van der Waals surface area contributed by atoms with E-state index in [0.717, 1.165) is 43.1 Å². The summed E-state index contributed by atoms with van der Waals surface area (Å²) in [4.78, 5) is 19.9. The molecule has 0 radical (unpaired) electrons. The maximum absolute atomic E-state index is 14.7. The quantitative estimate of drug-likeness (QED) is 0.527. The lowest BCUT2D eigenvalue weighted by molar-refractivity contribution is 0.184. The second-order valence-corrected chi connectivity index (χ2v) is 9.45. The first-order valence-corrected chi connectivity index (χ1v) is 12.4. The summed E-state index contributed by atoms with van der Waals surface area (Å²) in [6.07, 6.45) is 5.29. The molecule has 1 N–H and O–H groups in total. The van der Waals surface area contributed by atoms with E-state index in [9.17, 15) is 9.18 Å². The Labute approximate surface area is 195 Å². The Bertz CT molecular complexity index is 1230. The van der Waals surface area contributed by atoms with E-state index in [2.05, 4.69) is 25.4 Å². The van der Waals surface area contributed by atoms with Crippen molar-refractivity contribution in [2.75, 3.05) is 33.0 Å². The van der Waals surface area contributed by atoms with Gasteiger partial charge in [-0.25, -0.2) is 4.39 Å². The number of thioether (sulfide) groups is 1. The van der Waals surface area contributed by atoms with Crippen molar-refractivity contribution < 1.29 is 9.13 Å². The van der Waals surface area contributed by atoms with Crippen molar-refractivity contribution in [3.63, 3.8) is 0 Å². The Kier molecular flexibility index (Phi) is 6.31. The Balaban J connectivity index is 1.18. The predicted molar refractivity (Wildman–Crippen MR) is 125 cm³/mol. The summed E-state index contributed by atoms with van der Waals surface area (Å²) in [6, 6.07) is 5.62. The highest BCUT2D eigenvalue weighted by atomic mass is 32.2. The van der Waals surface area contributed by atoms with Gasteiger partial charge in [-0.15, -0.1) is 16.9 Å². The summed E-state index contributed by atoms with van der Waals surface area (Å²) in [5.74, 6) is 0.208. The average molecular weight is 471 g/mol. The normalized spacial score (nSPS) is 18.8. The number of methoxy groups -OCH3 is 1. The maximum atomic E-state index is 14.7. The van der Waals surface area contributed by atoms with Gasteiger partial charge in [-0.2, -0.15) is 5.10 Å². The van der Waals surface area contributed by atoms with E-state index in [0.29, 0.717) is 41.6 Å². The van der Waals surface area contributed by atoms with Crippen LogP contribution in [0.2, 0.25) is 0 Å². The zero-order chi connectivity index (χ0) is 22.9. The van der Waals surface area contributed by atoms with Gasteiger partial charge >= 0.3 is 0 Å². The van der Waals surface area contributed by atoms with Gasteiger partial charge in [0.25, 0.3) is 5.56 Å². The van der Waals surface area contributed by atoms with Crippen molar-refractivity contribution >= 4 is 22.8 Å². The minimum absolute atomic E-state index is 0.0327. The zero-order valence-corrected chi connectivity index (χ0v) is 19.6. The molecular weight excluding hydrogens is 443 g/mol. The fraction of sp³-hybridized carbons (Fsp3) is 0.478. The first kappa shape index (κ1) is 22.2. The molecule has 5 heterocycles. The lowest BCUT2D eigenvalue weighted by atomic mass is 9.98. The van der Waals surface area contributed by atoms with E-state index >= 15 is 0 Å². The van der Waals surface area contributed by atoms with Crippen molar-refractivity contribution in [1.29, 1.82) is 0 Å². The highest BCUT2D eigenvalue weighted by Crippen LogP contribution is 2.34. The number of halogens is 1. The number of likely N-dealkylation sites (tertiary alicyclic amines) is 1. The molecule has 0 amide bonds. The molecule has 3 aromatic heterocycles. The molecule has 8 nitrogen and oxygen atoms in total. The first-order chi connectivity index (χ1) is 16.1. The molecule has 1 atom stereocenters. The van der Waals surface area contributed by atoms with Gasteiger partial charge in [-0.1, -0.05) is 0 Å². The van der Waals surface area contributed by atoms with Gasteiger partial charge in [0.15, 0.2) is 0 Å². The Morgan fingerprint density at radius 1 is 1.27 bits per heavy atom. The number of nitrogens with zero attached hydrogens (tertiary/aromatic N) is 5. The molecule has 0 saturated carbocycles. The fourth-order valence-corrected chi connectivity index (χ4v) is 5.50. The van der Waals surface area contributed by atoms with Gasteiger partial charge in [0, 0.05) is 43.2 Å². The SMILES string of the molecule is COc1nnc(CNC2CCN(CC3Cn4c(=O)ccc5ncc(F)c3c54)CC2)cc1SC. The van der Waals surface area contributed by atoms with E-state index in [1.165, 1.54) is 12.3 Å². The molecular formula is C23H27FN6O2S. The van der Waals surface area contributed by atoms with Crippen LogP contribution in [0.1, 0.15) is 30.0 Å². The van der Waals surface area contributed by atoms with Crippen molar-refractivity contribution in [2.24, 2.45) is 0 Å². The molecule has 1 saturated heterocycles. The average Bonchev–Trinajstić information content (AvgIpc) is 3.23. The third kappa shape index (κ3) is 4.34. The van der Waals surface area contributed by atoms with Crippen LogP contribution < -0.4 is 15.6 Å². The summed E-state index contributed by atoms with van der Waals surface area (Å²) < 4.78 is 21.6. The van der Waals surface area contributed by atoms with Gasteiger partial charge in [0.2, 0.25) is 5.88 Å². The van der Waals surface area contributed by atoms with Gasteiger partial charge < -0.3 is 19.5 Å². The third-order valence-corrected chi connectivity index (χ3v) is 7.36. The molecule has 0 spiro atoms. The summed E-state index contributed by atoms with van der Waals surface area (Å²) in [6.45, 7) is 3.78. The van der Waals surface area contributed by atoms with E-state index < -0.39 is 0 Å². The number of hydrogen-bond donors (Lipinski definition) is 1. The minimum Gasteiger partial charge on any atom is -0.479 e. The summed E-state index contributed by atoms with van der Waals surface area (Å²) in [5.41, 5.74) is 2.79. The Morgan fingerprint density at radius 2 is 2.09 bits per heavy atom. The summed E-state index contributed by atoms with van der Waals surface area (Å²) in [7, 11) is 1.60. The van der Waals surface area contributed by atoms with E-state index in [1.54, 1.807) is 29.5 Å². The van der Waals surface area contributed by atoms with E-state index in [4.69, 9.17) is 4.74 Å². The maximum Gasteiger partial charge on any atom is 0.251 e. The van der Waals surface area contributed by atoms with Crippen LogP contribution in [0.3, 0.4) is 0 Å². The number of hydrogen-bond acceptors (Lipinski definition) is 8. The van der Waals surface area contributed by atoms with Gasteiger partial charge in [0.05, 0.1) is 34.9 Å². The van der Waals surface area contributed by atoms with Gasteiger partial charge in [0.1, 0.15) is 5.82 Å². The molecule has 174 valence electrons. The van der Waals surface area contributed by atoms with Crippen LogP contribution in [0.15, 0.2) is 34.1 Å². The molecule has 3 aromatic rings.